The average Bonchev–Trinajstić information content (AvgIpc) is 2.14. The Bertz CT molecular complexity index is 510. The van der Waals surface area contributed by atoms with Crippen LogP contribution in [0.3, 0.4) is 0 Å². The maximum Gasteiger partial charge on any atom is 0.322 e. The molecule has 16 heavy (non-hydrogen) atoms. The van der Waals surface area contributed by atoms with E-state index in [1.54, 1.807) is 0 Å². The quantitative estimate of drug-likeness (QED) is 0.651. The van der Waals surface area contributed by atoms with Crippen LogP contribution in [0.2, 0.25) is 0 Å². The lowest BCUT2D eigenvalue weighted by molar-refractivity contribution is -0.134. The van der Waals surface area contributed by atoms with Crippen molar-refractivity contribution in [2.45, 2.75) is 4.90 Å². The van der Waals surface area contributed by atoms with Crippen LogP contribution in [0.5, 0.6) is 0 Å². The van der Waals surface area contributed by atoms with Gasteiger partial charge >= 0.3 is 5.97 Å². The van der Waals surface area contributed by atoms with Crippen molar-refractivity contribution in [3.8, 4) is 0 Å². The summed E-state index contributed by atoms with van der Waals surface area (Å²) in [5.74, 6) is -1.02. The molecule has 0 bridgehead atoms. The number of benzene rings is 1. The summed E-state index contributed by atoms with van der Waals surface area (Å²) in [7, 11) is -3.30. The van der Waals surface area contributed by atoms with E-state index in [4.69, 9.17) is 10.8 Å². The fourth-order valence-corrected chi connectivity index (χ4v) is 1.76. The molecule has 1 aromatic carbocycles. The number of anilines is 2. The Hall–Kier alpha value is -1.76. The maximum atomic E-state index is 11.2. The summed E-state index contributed by atoms with van der Waals surface area (Å²) in [6, 6.07) is 4.10. The maximum absolute atomic E-state index is 11.2. The lowest BCUT2D eigenvalue weighted by atomic mass is 10.2. The summed E-state index contributed by atoms with van der Waals surface area (Å²) in [5.41, 5.74) is 6.18. The summed E-state index contributed by atoms with van der Waals surface area (Å²) < 4.78 is 22.4. The molecule has 1 rings (SSSR count). The fourth-order valence-electron chi connectivity index (χ4n) is 1.10. The van der Waals surface area contributed by atoms with E-state index in [9.17, 15) is 13.2 Å². The number of rotatable bonds is 4. The van der Waals surface area contributed by atoms with E-state index < -0.39 is 15.8 Å². The SMILES string of the molecule is CS(=O)(=O)c1ccc(NCC(=O)O)c(N)c1. The van der Waals surface area contributed by atoms with E-state index in [0.29, 0.717) is 5.69 Å². The third kappa shape index (κ3) is 3.13. The van der Waals surface area contributed by atoms with Crippen LogP contribution in [-0.2, 0) is 14.6 Å². The third-order valence-electron chi connectivity index (χ3n) is 1.88. The number of carbonyl (C=O) groups is 1. The smallest absolute Gasteiger partial charge is 0.322 e. The zero-order chi connectivity index (χ0) is 12.3. The van der Waals surface area contributed by atoms with Crippen molar-refractivity contribution in [1.29, 1.82) is 0 Å². The molecule has 0 amide bonds. The normalized spacial score (nSPS) is 11.1. The van der Waals surface area contributed by atoms with E-state index in [-0.39, 0.29) is 17.1 Å². The summed E-state index contributed by atoms with van der Waals surface area (Å²) in [6.07, 6.45) is 1.08. The third-order valence-corrected chi connectivity index (χ3v) is 2.99. The molecule has 6 nitrogen and oxygen atoms in total. The Kier molecular flexibility index (Phi) is 3.38. The Labute approximate surface area is 93.0 Å². The molecule has 1 aromatic rings. The summed E-state index contributed by atoms with van der Waals surface area (Å²) in [5, 5.41) is 11.0. The van der Waals surface area contributed by atoms with Crippen molar-refractivity contribution in [3.63, 3.8) is 0 Å². The van der Waals surface area contributed by atoms with Gasteiger partial charge in [-0.15, -0.1) is 0 Å². The van der Waals surface area contributed by atoms with Crippen molar-refractivity contribution in [3.05, 3.63) is 18.2 Å². The van der Waals surface area contributed by atoms with Crippen LogP contribution in [0.25, 0.3) is 0 Å². The van der Waals surface area contributed by atoms with Crippen molar-refractivity contribution < 1.29 is 18.3 Å². The highest BCUT2D eigenvalue weighted by Gasteiger charge is 2.09. The Morgan fingerprint density at radius 1 is 1.50 bits per heavy atom. The molecule has 88 valence electrons. The highest BCUT2D eigenvalue weighted by molar-refractivity contribution is 7.90. The highest BCUT2D eigenvalue weighted by Crippen LogP contribution is 2.22. The Morgan fingerprint density at radius 3 is 2.56 bits per heavy atom. The molecule has 0 aliphatic carbocycles. The molecular formula is C9H12N2O4S. The van der Waals surface area contributed by atoms with Gasteiger partial charge in [0.2, 0.25) is 0 Å². The average molecular weight is 244 g/mol. The second-order valence-electron chi connectivity index (χ2n) is 3.27. The first kappa shape index (κ1) is 12.3. The van der Waals surface area contributed by atoms with Crippen molar-refractivity contribution in [2.75, 3.05) is 23.9 Å². The minimum Gasteiger partial charge on any atom is -0.480 e. The lowest BCUT2D eigenvalue weighted by Crippen LogP contribution is -2.13. The van der Waals surface area contributed by atoms with Crippen LogP contribution in [0, 0.1) is 0 Å². The van der Waals surface area contributed by atoms with Gasteiger partial charge in [0.05, 0.1) is 16.3 Å². The van der Waals surface area contributed by atoms with Crippen LogP contribution in [0.4, 0.5) is 11.4 Å². The molecule has 0 fully saturated rings. The predicted octanol–water partition coefficient (Wildman–Crippen LogP) is 0.169. The van der Waals surface area contributed by atoms with Gasteiger partial charge in [0.15, 0.2) is 9.84 Å². The molecule has 0 unspecified atom stereocenters. The molecule has 4 N–H and O–H groups in total. The molecule has 0 saturated heterocycles. The number of carboxylic acid groups (broad SMARTS) is 1. The minimum atomic E-state index is -3.30. The number of carboxylic acids is 1. The number of nitrogens with one attached hydrogen (secondary N) is 1. The summed E-state index contributed by atoms with van der Waals surface area (Å²) in [4.78, 5) is 10.4. The number of hydrogen-bond acceptors (Lipinski definition) is 5. The van der Waals surface area contributed by atoms with Crippen LogP contribution >= 0.6 is 0 Å². The standard InChI is InChI=1S/C9H12N2O4S/c1-16(14,15)6-2-3-8(7(10)4-6)11-5-9(12)13/h2-4,11H,5,10H2,1H3,(H,12,13). The van der Waals surface area contributed by atoms with Gasteiger partial charge in [0.25, 0.3) is 0 Å². The van der Waals surface area contributed by atoms with Gasteiger partial charge < -0.3 is 16.2 Å². The highest BCUT2D eigenvalue weighted by atomic mass is 32.2. The summed E-state index contributed by atoms with van der Waals surface area (Å²) >= 11 is 0. The molecule has 0 aromatic heterocycles. The molecular weight excluding hydrogens is 232 g/mol. The van der Waals surface area contributed by atoms with Gasteiger partial charge in [-0.3, -0.25) is 4.79 Å². The van der Waals surface area contributed by atoms with E-state index in [1.807, 2.05) is 0 Å². The number of hydrogen-bond donors (Lipinski definition) is 3. The van der Waals surface area contributed by atoms with Crippen molar-refractivity contribution in [1.82, 2.24) is 0 Å². The first-order chi connectivity index (χ1) is 7.30. The van der Waals surface area contributed by atoms with Crippen LogP contribution in [0.15, 0.2) is 23.1 Å². The van der Waals surface area contributed by atoms with Gasteiger partial charge in [0.1, 0.15) is 6.54 Å². The van der Waals surface area contributed by atoms with Crippen LogP contribution < -0.4 is 11.1 Å². The first-order valence-electron chi connectivity index (χ1n) is 4.36. The minimum absolute atomic E-state index is 0.103. The zero-order valence-electron chi connectivity index (χ0n) is 8.60. The molecule has 0 atom stereocenters. The van der Waals surface area contributed by atoms with Crippen LogP contribution in [0.1, 0.15) is 0 Å². The fraction of sp³-hybridized carbons (Fsp3) is 0.222. The van der Waals surface area contributed by atoms with Crippen molar-refractivity contribution >= 4 is 27.2 Å². The zero-order valence-corrected chi connectivity index (χ0v) is 9.41. The predicted molar refractivity (Wildman–Crippen MR) is 60.1 cm³/mol. The van der Waals surface area contributed by atoms with E-state index in [1.165, 1.54) is 18.2 Å². The largest absolute Gasteiger partial charge is 0.480 e. The van der Waals surface area contributed by atoms with Gasteiger partial charge in [-0.25, -0.2) is 8.42 Å². The van der Waals surface area contributed by atoms with Gasteiger partial charge in [0, 0.05) is 6.26 Å². The molecule has 0 aliphatic rings. The van der Waals surface area contributed by atoms with E-state index in [0.717, 1.165) is 6.26 Å². The second kappa shape index (κ2) is 4.40. The number of aliphatic carboxylic acids is 1. The Balaban J connectivity index is 2.96. The number of nitrogens with two attached hydrogens (primary N) is 1. The van der Waals surface area contributed by atoms with E-state index >= 15 is 0 Å². The van der Waals surface area contributed by atoms with Crippen molar-refractivity contribution in [2.24, 2.45) is 0 Å². The lowest BCUT2D eigenvalue weighted by Gasteiger charge is -2.08. The van der Waals surface area contributed by atoms with Gasteiger partial charge in [-0.2, -0.15) is 0 Å². The monoisotopic (exact) mass is 244 g/mol. The number of nitrogen functional groups attached to an aromatic ring is 1. The van der Waals surface area contributed by atoms with Gasteiger partial charge in [-0.1, -0.05) is 0 Å². The molecule has 0 saturated carbocycles. The molecule has 0 spiro atoms. The van der Waals surface area contributed by atoms with E-state index in [2.05, 4.69) is 5.32 Å². The number of sulfone groups is 1. The summed E-state index contributed by atoms with van der Waals surface area (Å²) in [6.45, 7) is -0.275. The Morgan fingerprint density at radius 2 is 2.12 bits per heavy atom. The molecule has 0 heterocycles. The first-order valence-corrected chi connectivity index (χ1v) is 6.25. The molecule has 7 heteroatoms. The van der Waals surface area contributed by atoms with Crippen LogP contribution in [-0.4, -0.2) is 32.3 Å². The molecule has 0 aliphatic heterocycles. The topological polar surface area (TPSA) is 109 Å². The molecule has 0 radical (unpaired) electrons. The second-order valence-corrected chi connectivity index (χ2v) is 5.28. The van der Waals surface area contributed by atoms with Gasteiger partial charge in [-0.05, 0) is 18.2 Å².